The molecule has 1 aliphatic heterocycles. The summed E-state index contributed by atoms with van der Waals surface area (Å²) in [6, 6.07) is 18.1. The summed E-state index contributed by atoms with van der Waals surface area (Å²) in [5.41, 5.74) is 1.59. The molecule has 0 unspecified atom stereocenters. The number of aliphatic hydroxyl groups excluding tert-OH is 2. The Morgan fingerprint density at radius 3 is 2.14 bits per heavy atom. The van der Waals surface area contributed by atoms with Crippen LogP contribution in [0.4, 0.5) is 0 Å². The normalized spacial score (nSPS) is 26.2. The second-order valence-corrected chi connectivity index (χ2v) is 5.68. The lowest BCUT2D eigenvalue weighted by Gasteiger charge is -2.30. The molecule has 114 valence electrons. The van der Waals surface area contributed by atoms with Crippen LogP contribution in [0.15, 0.2) is 60.7 Å². The van der Waals surface area contributed by atoms with Crippen molar-refractivity contribution in [3.63, 3.8) is 0 Å². The van der Waals surface area contributed by atoms with E-state index in [0.29, 0.717) is 0 Å². The highest BCUT2D eigenvalue weighted by molar-refractivity contribution is 5.85. The molecule has 1 aliphatic rings. The van der Waals surface area contributed by atoms with Crippen LogP contribution in [0.5, 0.6) is 0 Å². The maximum absolute atomic E-state index is 12.2. The molecule has 0 aliphatic carbocycles. The summed E-state index contributed by atoms with van der Waals surface area (Å²) in [6.45, 7) is 0. The molecule has 2 aromatic rings. The zero-order chi connectivity index (χ0) is 15.7. The first kappa shape index (κ1) is 14.8. The van der Waals surface area contributed by atoms with Crippen LogP contribution in [0.2, 0.25) is 0 Å². The molecular weight excluding hydrogens is 278 g/mol. The SMILES string of the molecule is CN1C(=O)[C@@H](O)[C@@H](c2ccccc2)[C@H]1[C@@H](O)c1ccccc1. The molecule has 4 atom stereocenters. The lowest BCUT2D eigenvalue weighted by molar-refractivity contribution is -0.135. The summed E-state index contributed by atoms with van der Waals surface area (Å²) in [5, 5.41) is 21.1. The molecule has 1 heterocycles. The van der Waals surface area contributed by atoms with Gasteiger partial charge in [0, 0.05) is 13.0 Å². The van der Waals surface area contributed by atoms with E-state index in [9.17, 15) is 15.0 Å². The van der Waals surface area contributed by atoms with Crippen LogP contribution >= 0.6 is 0 Å². The number of carbonyl (C=O) groups excluding carboxylic acids is 1. The molecule has 0 bridgehead atoms. The molecule has 0 saturated carbocycles. The summed E-state index contributed by atoms with van der Waals surface area (Å²) in [5.74, 6) is -0.803. The van der Waals surface area contributed by atoms with Crippen LogP contribution in [0.3, 0.4) is 0 Å². The Bertz CT molecular complexity index is 644. The van der Waals surface area contributed by atoms with Crippen LogP contribution in [-0.4, -0.2) is 40.2 Å². The molecule has 3 rings (SSSR count). The van der Waals surface area contributed by atoms with E-state index in [-0.39, 0.29) is 5.91 Å². The molecule has 1 amide bonds. The van der Waals surface area contributed by atoms with Crippen molar-refractivity contribution in [2.75, 3.05) is 7.05 Å². The standard InChI is InChI=1S/C18H19NO3/c1-19-15(16(20)13-10-6-3-7-11-13)14(17(21)18(19)22)12-8-4-2-5-9-12/h2-11,14-17,20-21H,1H3/t14-,15-,16-,17-/m0/s1. The number of carbonyl (C=O) groups is 1. The van der Waals surface area contributed by atoms with E-state index in [4.69, 9.17) is 0 Å². The van der Waals surface area contributed by atoms with Gasteiger partial charge in [0.1, 0.15) is 12.2 Å². The first-order valence-electron chi connectivity index (χ1n) is 7.34. The van der Waals surface area contributed by atoms with Crippen LogP contribution < -0.4 is 0 Å². The van der Waals surface area contributed by atoms with Gasteiger partial charge in [-0.1, -0.05) is 60.7 Å². The third-order valence-electron chi connectivity index (χ3n) is 4.41. The van der Waals surface area contributed by atoms with Crippen molar-refractivity contribution in [3.05, 3.63) is 71.8 Å². The van der Waals surface area contributed by atoms with E-state index in [1.54, 1.807) is 7.05 Å². The first-order valence-corrected chi connectivity index (χ1v) is 7.34. The smallest absolute Gasteiger partial charge is 0.252 e. The predicted octanol–water partition coefficient (Wildman–Crippen LogP) is 1.71. The number of benzene rings is 2. The van der Waals surface area contributed by atoms with Crippen molar-refractivity contribution in [3.8, 4) is 0 Å². The monoisotopic (exact) mass is 297 g/mol. The Kier molecular flexibility index (Phi) is 3.96. The maximum atomic E-state index is 12.2. The largest absolute Gasteiger partial charge is 0.386 e. The van der Waals surface area contributed by atoms with Gasteiger partial charge < -0.3 is 15.1 Å². The van der Waals surface area contributed by atoms with E-state index in [2.05, 4.69) is 0 Å². The van der Waals surface area contributed by atoms with Crippen molar-refractivity contribution < 1.29 is 15.0 Å². The van der Waals surface area contributed by atoms with Crippen molar-refractivity contribution >= 4 is 5.91 Å². The van der Waals surface area contributed by atoms with E-state index >= 15 is 0 Å². The van der Waals surface area contributed by atoms with Crippen molar-refractivity contribution in [2.24, 2.45) is 0 Å². The number of likely N-dealkylation sites (tertiary alicyclic amines) is 1. The lowest BCUT2D eigenvalue weighted by Crippen LogP contribution is -2.36. The fourth-order valence-corrected chi connectivity index (χ4v) is 3.25. The van der Waals surface area contributed by atoms with Gasteiger partial charge in [-0.05, 0) is 11.1 Å². The maximum Gasteiger partial charge on any atom is 0.252 e. The van der Waals surface area contributed by atoms with E-state index in [0.717, 1.165) is 11.1 Å². The molecule has 2 N–H and O–H groups in total. The molecule has 1 saturated heterocycles. The van der Waals surface area contributed by atoms with Gasteiger partial charge in [0.25, 0.3) is 5.91 Å². The minimum Gasteiger partial charge on any atom is -0.386 e. The molecule has 1 fully saturated rings. The Balaban J connectivity index is 2.01. The molecule has 2 aromatic carbocycles. The highest BCUT2D eigenvalue weighted by Crippen LogP contribution is 2.40. The number of aliphatic hydroxyl groups is 2. The summed E-state index contributed by atoms with van der Waals surface area (Å²) in [7, 11) is 1.63. The zero-order valence-electron chi connectivity index (χ0n) is 12.3. The average Bonchev–Trinajstić information content (AvgIpc) is 2.80. The average molecular weight is 297 g/mol. The van der Waals surface area contributed by atoms with Crippen LogP contribution in [0.25, 0.3) is 0 Å². The summed E-state index contributed by atoms with van der Waals surface area (Å²) in [4.78, 5) is 13.7. The van der Waals surface area contributed by atoms with E-state index in [1.165, 1.54) is 4.90 Å². The van der Waals surface area contributed by atoms with Crippen molar-refractivity contribution in [1.29, 1.82) is 0 Å². The van der Waals surface area contributed by atoms with Gasteiger partial charge in [0.05, 0.1) is 6.04 Å². The first-order chi connectivity index (χ1) is 10.6. The minimum atomic E-state index is -1.13. The van der Waals surface area contributed by atoms with Gasteiger partial charge in [-0.2, -0.15) is 0 Å². The molecule has 0 aromatic heterocycles. The van der Waals surface area contributed by atoms with Crippen LogP contribution in [0, 0.1) is 0 Å². The second-order valence-electron chi connectivity index (χ2n) is 5.68. The number of likely N-dealkylation sites (N-methyl/N-ethyl adjacent to an activating group) is 1. The Labute approximate surface area is 129 Å². The number of hydrogen-bond acceptors (Lipinski definition) is 3. The quantitative estimate of drug-likeness (QED) is 0.906. The highest BCUT2D eigenvalue weighted by atomic mass is 16.3. The summed E-state index contributed by atoms with van der Waals surface area (Å²) in [6.07, 6.45) is -1.98. The van der Waals surface area contributed by atoms with E-state index < -0.39 is 24.2 Å². The van der Waals surface area contributed by atoms with Gasteiger partial charge in [-0.25, -0.2) is 0 Å². The second kappa shape index (κ2) is 5.91. The molecule has 4 heteroatoms. The number of rotatable bonds is 3. The lowest BCUT2D eigenvalue weighted by atomic mass is 9.85. The predicted molar refractivity (Wildman–Crippen MR) is 83.1 cm³/mol. The summed E-state index contributed by atoms with van der Waals surface area (Å²) < 4.78 is 0. The number of nitrogens with zero attached hydrogens (tertiary/aromatic N) is 1. The van der Waals surface area contributed by atoms with Crippen molar-refractivity contribution in [2.45, 2.75) is 24.2 Å². The third-order valence-corrected chi connectivity index (χ3v) is 4.41. The Morgan fingerprint density at radius 2 is 1.55 bits per heavy atom. The van der Waals surface area contributed by atoms with Gasteiger partial charge in [0.2, 0.25) is 0 Å². The minimum absolute atomic E-state index is 0.353. The van der Waals surface area contributed by atoms with Gasteiger partial charge >= 0.3 is 0 Å². The number of amides is 1. The van der Waals surface area contributed by atoms with Crippen molar-refractivity contribution in [1.82, 2.24) is 4.90 Å². The fourth-order valence-electron chi connectivity index (χ4n) is 3.25. The number of hydrogen-bond donors (Lipinski definition) is 2. The zero-order valence-corrected chi connectivity index (χ0v) is 12.3. The Morgan fingerprint density at radius 1 is 1.00 bits per heavy atom. The van der Waals surface area contributed by atoms with Gasteiger partial charge in [0.15, 0.2) is 0 Å². The van der Waals surface area contributed by atoms with E-state index in [1.807, 2.05) is 60.7 Å². The van der Waals surface area contributed by atoms with Crippen LogP contribution in [0.1, 0.15) is 23.1 Å². The molecule has 0 spiro atoms. The molecule has 4 nitrogen and oxygen atoms in total. The molecular formula is C18H19NO3. The Hall–Kier alpha value is -2.17. The summed E-state index contributed by atoms with van der Waals surface area (Å²) >= 11 is 0. The van der Waals surface area contributed by atoms with Crippen LogP contribution in [-0.2, 0) is 4.79 Å². The molecule has 0 radical (unpaired) electrons. The fraction of sp³-hybridized carbons (Fsp3) is 0.278. The highest BCUT2D eigenvalue weighted by Gasteiger charge is 2.49. The molecule has 22 heavy (non-hydrogen) atoms. The third kappa shape index (κ3) is 2.40. The topological polar surface area (TPSA) is 60.8 Å². The van der Waals surface area contributed by atoms with Gasteiger partial charge in [-0.3, -0.25) is 4.79 Å². The van der Waals surface area contributed by atoms with Gasteiger partial charge in [-0.15, -0.1) is 0 Å².